The van der Waals surface area contributed by atoms with Crippen LogP contribution in [0.1, 0.15) is 6.92 Å². The van der Waals surface area contributed by atoms with Crippen molar-refractivity contribution in [3.63, 3.8) is 0 Å². The van der Waals surface area contributed by atoms with E-state index in [0.717, 1.165) is 0 Å². The van der Waals surface area contributed by atoms with Gasteiger partial charge in [0.05, 0.1) is 0 Å². The van der Waals surface area contributed by atoms with E-state index in [0.29, 0.717) is 0 Å². The van der Waals surface area contributed by atoms with Crippen molar-refractivity contribution in [1.29, 1.82) is 0 Å². The van der Waals surface area contributed by atoms with Crippen LogP contribution in [0.2, 0.25) is 0 Å². The summed E-state index contributed by atoms with van der Waals surface area (Å²) in [5.74, 6) is -5.06. The van der Waals surface area contributed by atoms with Crippen LogP contribution >= 0.6 is 0 Å². The van der Waals surface area contributed by atoms with E-state index in [2.05, 4.69) is 4.18 Å². The van der Waals surface area contributed by atoms with E-state index in [9.17, 15) is 39.2 Å². The number of rotatable bonds is 3. The Morgan fingerprint density at radius 2 is 1.27 bits per heavy atom. The molecule has 0 heterocycles. The lowest BCUT2D eigenvalue weighted by Gasteiger charge is -2.22. The lowest BCUT2D eigenvalue weighted by Crippen LogP contribution is -2.44. The largest absolute Gasteiger partial charge is 0.523 e. The third kappa shape index (κ3) is 3.19. The van der Waals surface area contributed by atoms with Crippen LogP contribution in [-0.4, -0.2) is 26.0 Å². The van der Waals surface area contributed by atoms with Gasteiger partial charge < -0.3 is 0 Å². The molecule has 0 aliphatic heterocycles. The van der Waals surface area contributed by atoms with Gasteiger partial charge in [-0.1, -0.05) is 0 Å². The summed E-state index contributed by atoms with van der Waals surface area (Å²) in [7, 11) is -6.77. The maximum atomic E-state index is 12.1. The Labute approximate surface area is 78.9 Å². The van der Waals surface area contributed by atoms with Crippen LogP contribution in [-0.2, 0) is 14.3 Å². The second-order valence-corrected chi connectivity index (χ2v) is 3.93. The zero-order chi connectivity index (χ0) is 12.7. The Hall–Kier alpha value is -0.580. The van der Waals surface area contributed by atoms with Crippen molar-refractivity contribution in [1.82, 2.24) is 0 Å². The molecule has 0 aromatic carbocycles. The molecule has 3 nitrogen and oxygen atoms in total. The predicted molar refractivity (Wildman–Crippen MR) is 31.6 cm³/mol. The topological polar surface area (TPSA) is 43.4 Å². The molecule has 0 rings (SSSR count). The van der Waals surface area contributed by atoms with Gasteiger partial charge in [-0.2, -0.15) is 43.3 Å². The van der Waals surface area contributed by atoms with Crippen LogP contribution in [0.5, 0.6) is 0 Å². The first-order chi connectivity index (χ1) is 6.21. The molecule has 0 bridgehead atoms. The van der Waals surface area contributed by atoms with E-state index in [4.69, 9.17) is 0 Å². The molecular formula is C4H3F7O3S. The number of hydrogen-bond acceptors (Lipinski definition) is 3. The lowest BCUT2D eigenvalue weighted by molar-refractivity contribution is -0.303. The zero-order valence-electron chi connectivity index (χ0n) is 6.78. The van der Waals surface area contributed by atoms with Crippen molar-refractivity contribution in [2.45, 2.75) is 24.5 Å². The molecule has 0 unspecified atom stereocenters. The highest BCUT2D eigenvalue weighted by molar-refractivity contribution is 7.87. The SMILES string of the molecule is CC(F)(F)C(F)(F)OS(=O)(=O)C(F)(F)F. The van der Waals surface area contributed by atoms with E-state index >= 15 is 0 Å². The normalized spacial score (nSPS) is 15.5. The van der Waals surface area contributed by atoms with Crippen LogP contribution in [0.25, 0.3) is 0 Å². The lowest BCUT2D eigenvalue weighted by atomic mass is 10.4. The van der Waals surface area contributed by atoms with Gasteiger partial charge in [-0.25, -0.2) is 0 Å². The fraction of sp³-hybridized carbons (Fsp3) is 1.00. The fourth-order valence-electron chi connectivity index (χ4n) is 0.258. The fourth-order valence-corrected chi connectivity index (χ4v) is 0.775. The molecule has 0 fully saturated rings. The first-order valence-corrected chi connectivity index (χ1v) is 4.39. The predicted octanol–water partition coefficient (Wildman–Crippen LogP) is 2.10. The standard InChI is InChI=1S/C4H3F7O3S/c1-2(5,6)3(7,8)14-15(12,13)4(9,10)11/h1H3. The third-order valence-electron chi connectivity index (χ3n) is 1.01. The second kappa shape index (κ2) is 3.47. The molecule has 0 saturated carbocycles. The van der Waals surface area contributed by atoms with Gasteiger partial charge in [-0.05, 0) is 0 Å². The van der Waals surface area contributed by atoms with Crippen LogP contribution in [0.3, 0.4) is 0 Å². The van der Waals surface area contributed by atoms with E-state index in [1.165, 1.54) is 0 Å². The Morgan fingerprint density at radius 1 is 0.933 bits per heavy atom. The number of hydrogen-bond donors (Lipinski definition) is 0. The Morgan fingerprint density at radius 3 is 1.47 bits per heavy atom. The Bertz CT molecular complexity index is 323. The summed E-state index contributed by atoms with van der Waals surface area (Å²) in [6, 6.07) is 0. The minimum atomic E-state index is -6.77. The molecule has 0 radical (unpaired) electrons. The highest BCUT2D eigenvalue weighted by Crippen LogP contribution is 2.39. The van der Waals surface area contributed by atoms with Crippen molar-refractivity contribution in [3.05, 3.63) is 0 Å². The summed E-state index contributed by atoms with van der Waals surface area (Å²) in [5, 5.41) is 0. The monoisotopic (exact) mass is 264 g/mol. The van der Waals surface area contributed by atoms with Gasteiger partial charge in [-0.15, -0.1) is 0 Å². The zero-order valence-corrected chi connectivity index (χ0v) is 7.60. The molecule has 0 spiro atoms. The number of halogens is 7. The van der Waals surface area contributed by atoms with E-state index in [-0.39, 0.29) is 0 Å². The molecule has 0 atom stereocenters. The summed E-state index contributed by atoms with van der Waals surface area (Å²) in [5.41, 5.74) is -6.19. The van der Waals surface area contributed by atoms with Gasteiger partial charge in [0.15, 0.2) is 0 Å². The van der Waals surface area contributed by atoms with Gasteiger partial charge in [0.2, 0.25) is 0 Å². The van der Waals surface area contributed by atoms with E-state index in [1.54, 1.807) is 0 Å². The second-order valence-electron chi connectivity index (χ2n) is 2.39. The van der Waals surface area contributed by atoms with E-state index in [1.807, 2.05) is 0 Å². The molecular weight excluding hydrogens is 261 g/mol. The van der Waals surface area contributed by atoms with Gasteiger partial charge in [0.1, 0.15) is 0 Å². The number of alkyl halides is 7. The average Bonchev–Trinajstić information content (AvgIpc) is 1.77. The van der Waals surface area contributed by atoms with Gasteiger partial charge in [-0.3, -0.25) is 0 Å². The van der Waals surface area contributed by atoms with Crippen LogP contribution in [0.4, 0.5) is 30.7 Å². The Balaban J connectivity index is 5.08. The molecule has 0 aromatic heterocycles. The molecule has 0 saturated heterocycles. The van der Waals surface area contributed by atoms with Gasteiger partial charge >= 0.3 is 27.7 Å². The minimum absolute atomic E-state index is 0.487. The van der Waals surface area contributed by atoms with Crippen LogP contribution in [0, 0.1) is 0 Å². The van der Waals surface area contributed by atoms with Crippen molar-refractivity contribution >= 4 is 10.1 Å². The van der Waals surface area contributed by atoms with Gasteiger partial charge in [0, 0.05) is 6.92 Å². The molecule has 0 aromatic rings. The van der Waals surface area contributed by atoms with Crippen molar-refractivity contribution < 1.29 is 43.3 Å². The summed E-state index contributed by atoms with van der Waals surface area (Å²) < 4.78 is 104. The molecule has 11 heteroatoms. The summed E-state index contributed by atoms with van der Waals surface area (Å²) in [4.78, 5) is 0. The smallest absolute Gasteiger partial charge is 0.197 e. The Kier molecular flexibility index (Phi) is 3.34. The van der Waals surface area contributed by atoms with Crippen LogP contribution in [0.15, 0.2) is 0 Å². The third-order valence-corrected chi connectivity index (χ3v) is 2.00. The summed E-state index contributed by atoms with van der Waals surface area (Å²) in [6.45, 7) is -0.487. The average molecular weight is 264 g/mol. The van der Waals surface area contributed by atoms with Crippen molar-refractivity contribution in [2.24, 2.45) is 0 Å². The van der Waals surface area contributed by atoms with Crippen LogP contribution < -0.4 is 0 Å². The highest BCUT2D eigenvalue weighted by Gasteiger charge is 2.62. The summed E-state index contributed by atoms with van der Waals surface area (Å²) >= 11 is 0. The molecule has 15 heavy (non-hydrogen) atoms. The van der Waals surface area contributed by atoms with Gasteiger partial charge in [0.25, 0.3) is 0 Å². The molecule has 0 amide bonds. The first kappa shape index (κ1) is 14.4. The molecule has 92 valence electrons. The summed E-state index contributed by atoms with van der Waals surface area (Å²) in [6.07, 6.45) is -5.76. The highest BCUT2D eigenvalue weighted by atomic mass is 32.2. The quantitative estimate of drug-likeness (QED) is 0.445. The molecule has 0 aliphatic rings. The molecule has 0 aliphatic carbocycles. The van der Waals surface area contributed by atoms with E-state index < -0.39 is 34.6 Å². The first-order valence-electron chi connectivity index (χ1n) is 2.98. The maximum Gasteiger partial charge on any atom is 0.523 e. The van der Waals surface area contributed by atoms with Crippen molar-refractivity contribution in [3.8, 4) is 0 Å². The van der Waals surface area contributed by atoms with Crippen molar-refractivity contribution in [2.75, 3.05) is 0 Å². The maximum absolute atomic E-state index is 12.1. The minimum Gasteiger partial charge on any atom is -0.197 e. The molecule has 0 N–H and O–H groups in total.